The molecule has 0 unspecified atom stereocenters. The lowest BCUT2D eigenvalue weighted by Crippen LogP contribution is -2.40. The van der Waals surface area contributed by atoms with Gasteiger partial charge in [-0.2, -0.15) is 0 Å². The molecule has 3 amide bonds. The fourth-order valence-electron chi connectivity index (χ4n) is 2.25. The molecule has 0 aliphatic carbocycles. The van der Waals surface area contributed by atoms with Gasteiger partial charge in [0.1, 0.15) is 12.4 Å². The summed E-state index contributed by atoms with van der Waals surface area (Å²) < 4.78 is 17.9. The van der Waals surface area contributed by atoms with Crippen LogP contribution in [0.3, 0.4) is 0 Å². The molecule has 126 valence electrons. The number of hydrogen-bond acceptors (Lipinski definition) is 4. The molecule has 8 heteroatoms. The van der Waals surface area contributed by atoms with Gasteiger partial charge in [0.25, 0.3) is 0 Å². The van der Waals surface area contributed by atoms with E-state index in [4.69, 9.17) is 9.84 Å². The van der Waals surface area contributed by atoms with Gasteiger partial charge in [-0.05, 0) is 24.3 Å². The molecule has 23 heavy (non-hydrogen) atoms. The standard InChI is InChI=1S/C15H20FN3O4/c16-12-1-3-13(4-2-12)19-7-6-18(15(19)22)11-14(21)17-5-9-23-10-8-20/h1-4,20H,5-11H2,(H,17,21). The van der Waals surface area contributed by atoms with Crippen molar-refractivity contribution in [2.24, 2.45) is 0 Å². The molecule has 7 nitrogen and oxygen atoms in total. The Hall–Kier alpha value is -2.19. The quantitative estimate of drug-likeness (QED) is 0.669. The van der Waals surface area contributed by atoms with Gasteiger partial charge >= 0.3 is 6.03 Å². The van der Waals surface area contributed by atoms with Crippen LogP contribution in [0.15, 0.2) is 24.3 Å². The molecule has 0 atom stereocenters. The molecule has 1 aromatic carbocycles. The van der Waals surface area contributed by atoms with Crippen LogP contribution in [0.5, 0.6) is 0 Å². The van der Waals surface area contributed by atoms with Crippen molar-refractivity contribution in [3.63, 3.8) is 0 Å². The molecule has 0 spiro atoms. The molecule has 0 saturated carbocycles. The van der Waals surface area contributed by atoms with Gasteiger partial charge in [-0.15, -0.1) is 0 Å². The Kier molecular flexibility index (Phi) is 6.30. The summed E-state index contributed by atoms with van der Waals surface area (Å²) in [6, 6.07) is 5.39. The third-order valence-corrected chi connectivity index (χ3v) is 3.37. The topological polar surface area (TPSA) is 82.1 Å². The minimum absolute atomic E-state index is 0.0312. The highest BCUT2D eigenvalue weighted by Gasteiger charge is 2.30. The fraction of sp³-hybridized carbons (Fsp3) is 0.467. The number of carbonyl (C=O) groups is 2. The lowest BCUT2D eigenvalue weighted by molar-refractivity contribution is -0.121. The van der Waals surface area contributed by atoms with Crippen LogP contribution in [0.1, 0.15) is 0 Å². The summed E-state index contributed by atoms with van der Waals surface area (Å²) in [6.45, 7) is 1.66. The van der Waals surface area contributed by atoms with Crippen molar-refractivity contribution in [2.75, 3.05) is 50.9 Å². The lowest BCUT2D eigenvalue weighted by atomic mass is 10.3. The Morgan fingerprint density at radius 1 is 1.26 bits per heavy atom. The Morgan fingerprint density at radius 3 is 2.70 bits per heavy atom. The highest BCUT2D eigenvalue weighted by atomic mass is 19.1. The van der Waals surface area contributed by atoms with E-state index in [2.05, 4.69) is 5.32 Å². The number of anilines is 1. The number of carbonyl (C=O) groups excluding carboxylic acids is 2. The molecule has 1 heterocycles. The number of hydrogen-bond donors (Lipinski definition) is 2. The Labute approximate surface area is 133 Å². The van der Waals surface area contributed by atoms with Crippen LogP contribution in [0.2, 0.25) is 0 Å². The summed E-state index contributed by atoms with van der Waals surface area (Å²) in [5.74, 6) is -0.632. The van der Waals surface area contributed by atoms with Crippen LogP contribution in [0.4, 0.5) is 14.9 Å². The number of urea groups is 1. The molecule has 2 rings (SSSR count). The summed E-state index contributed by atoms with van der Waals surface area (Å²) in [7, 11) is 0. The lowest BCUT2D eigenvalue weighted by Gasteiger charge is -2.18. The number of ether oxygens (including phenoxy) is 1. The van der Waals surface area contributed by atoms with Crippen molar-refractivity contribution in [1.29, 1.82) is 0 Å². The second kappa shape index (κ2) is 8.44. The molecule has 1 aromatic rings. The molecule has 0 aromatic heterocycles. The smallest absolute Gasteiger partial charge is 0.325 e. The first-order chi connectivity index (χ1) is 11.1. The summed E-state index contributed by atoms with van der Waals surface area (Å²) >= 11 is 0. The van der Waals surface area contributed by atoms with E-state index < -0.39 is 0 Å². The predicted molar refractivity (Wildman–Crippen MR) is 81.6 cm³/mol. The summed E-state index contributed by atoms with van der Waals surface area (Å²) in [5.41, 5.74) is 0.608. The molecule has 1 aliphatic rings. The number of halogens is 1. The number of benzene rings is 1. The van der Waals surface area contributed by atoms with E-state index in [1.54, 1.807) is 0 Å². The van der Waals surface area contributed by atoms with Gasteiger partial charge in [0.05, 0.1) is 19.8 Å². The van der Waals surface area contributed by atoms with Crippen LogP contribution < -0.4 is 10.2 Å². The van der Waals surface area contributed by atoms with Crippen molar-refractivity contribution < 1.29 is 23.8 Å². The highest BCUT2D eigenvalue weighted by molar-refractivity contribution is 5.96. The molecular weight excluding hydrogens is 305 g/mol. The zero-order chi connectivity index (χ0) is 16.7. The second-order valence-electron chi connectivity index (χ2n) is 5.02. The molecule has 1 aliphatic heterocycles. The van der Waals surface area contributed by atoms with Crippen molar-refractivity contribution in [2.45, 2.75) is 0 Å². The minimum atomic E-state index is -0.361. The van der Waals surface area contributed by atoms with Crippen LogP contribution in [-0.4, -0.2) is 67.9 Å². The first-order valence-corrected chi connectivity index (χ1v) is 7.39. The van der Waals surface area contributed by atoms with Crippen LogP contribution in [-0.2, 0) is 9.53 Å². The normalized spacial score (nSPS) is 14.4. The molecule has 2 N–H and O–H groups in total. The maximum absolute atomic E-state index is 12.9. The second-order valence-corrected chi connectivity index (χ2v) is 5.02. The Balaban J connectivity index is 1.78. The number of aliphatic hydroxyl groups excluding tert-OH is 1. The first kappa shape index (κ1) is 17.2. The molecule has 0 bridgehead atoms. The molecular formula is C15H20FN3O4. The number of rotatable bonds is 8. The maximum atomic E-state index is 12.9. The number of nitrogens with one attached hydrogen (secondary N) is 1. The molecule has 1 fully saturated rings. The van der Waals surface area contributed by atoms with Crippen molar-refractivity contribution in [1.82, 2.24) is 10.2 Å². The van der Waals surface area contributed by atoms with Gasteiger partial charge in [-0.1, -0.05) is 0 Å². The first-order valence-electron chi connectivity index (χ1n) is 7.39. The van der Waals surface area contributed by atoms with E-state index in [0.717, 1.165) is 0 Å². The van der Waals surface area contributed by atoms with E-state index >= 15 is 0 Å². The summed E-state index contributed by atoms with van der Waals surface area (Å²) in [5, 5.41) is 11.2. The van der Waals surface area contributed by atoms with Gasteiger partial charge in [-0.25, -0.2) is 9.18 Å². The van der Waals surface area contributed by atoms with Gasteiger partial charge in [0, 0.05) is 25.3 Å². The van der Waals surface area contributed by atoms with Crippen LogP contribution in [0.25, 0.3) is 0 Å². The van der Waals surface area contributed by atoms with Crippen LogP contribution >= 0.6 is 0 Å². The van der Waals surface area contributed by atoms with Gasteiger partial charge in [-0.3, -0.25) is 9.69 Å². The van der Waals surface area contributed by atoms with E-state index in [1.807, 2.05) is 0 Å². The third kappa shape index (κ3) is 4.90. The number of nitrogens with zero attached hydrogens (tertiary/aromatic N) is 2. The SMILES string of the molecule is O=C(CN1CCN(c2ccc(F)cc2)C1=O)NCCOCCO. The van der Waals surface area contributed by atoms with E-state index in [-0.39, 0.29) is 37.5 Å². The number of aliphatic hydroxyl groups is 1. The monoisotopic (exact) mass is 325 g/mol. The van der Waals surface area contributed by atoms with Crippen LogP contribution in [0, 0.1) is 5.82 Å². The van der Waals surface area contributed by atoms with Crippen molar-refractivity contribution in [3.8, 4) is 0 Å². The zero-order valence-corrected chi connectivity index (χ0v) is 12.7. The average molecular weight is 325 g/mol. The van der Waals surface area contributed by atoms with E-state index in [1.165, 1.54) is 34.1 Å². The fourth-order valence-corrected chi connectivity index (χ4v) is 2.25. The molecule has 1 saturated heterocycles. The maximum Gasteiger partial charge on any atom is 0.325 e. The average Bonchev–Trinajstić information content (AvgIpc) is 2.89. The van der Waals surface area contributed by atoms with E-state index in [0.29, 0.717) is 31.9 Å². The Bertz CT molecular complexity index is 538. The molecule has 0 radical (unpaired) electrons. The summed E-state index contributed by atoms with van der Waals surface area (Å²) in [4.78, 5) is 27.0. The van der Waals surface area contributed by atoms with E-state index in [9.17, 15) is 14.0 Å². The van der Waals surface area contributed by atoms with Gasteiger partial charge in [0.2, 0.25) is 5.91 Å². The largest absolute Gasteiger partial charge is 0.394 e. The highest BCUT2D eigenvalue weighted by Crippen LogP contribution is 2.20. The predicted octanol–water partition coefficient (Wildman–Crippen LogP) is 0.193. The third-order valence-electron chi connectivity index (χ3n) is 3.37. The Morgan fingerprint density at radius 2 is 2.00 bits per heavy atom. The zero-order valence-electron chi connectivity index (χ0n) is 12.7. The number of amides is 3. The van der Waals surface area contributed by atoms with Gasteiger partial charge < -0.3 is 20.1 Å². The summed E-state index contributed by atoms with van der Waals surface area (Å²) in [6.07, 6.45) is 0. The van der Waals surface area contributed by atoms with Crippen molar-refractivity contribution in [3.05, 3.63) is 30.1 Å². The van der Waals surface area contributed by atoms with Crippen molar-refractivity contribution >= 4 is 17.6 Å². The van der Waals surface area contributed by atoms with Gasteiger partial charge in [0.15, 0.2) is 0 Å². The minimum Gasteiger partial charge on any atom is -0.394 e.